The fraction of sp³-hybridized carbons (Fsp3) is 0.385. The lowest BCUT2D eigenvalue weighted by atomic mass is 10.1. The molecule has 1 heterocycles. The second-order valence-corrected chi connectivity index (χ2v) is 5.53. The Morgan fingerprint density at radius 1 is 1.45 bits per heavy atom. The van der Waals surface area contributed by atoms with E-state index in [2.05, 4.69) is 26.0 Å². The van der Waals surface area contributed by atoms with Gasteiger partial charge in [-0.3, -0.25) is 4.79 Å². The van der Waals surface area contributed by atoms with Crippen LogP contribution in [-0.4, -0.2) is 42.3 Å². The molecular weight excluding hydrogens is 369 g/mol. The molecule has 1 atom stereocenters. The van der Waals surface area contributed by atoms with Crippen LogP contribution in [0, 0.1) is 0 Å². The maximum absolute atomic E-state index is 13.1. The number of imide groups is 1. The highest BCUT2D eigenvalue weighted by Gasteiger charge is 2.43. The number of benzene rings is 1. The minimum absolute atomic E-state index is 0.000316. The Morgan fingerprint density at radius 3 is 2.73 bits per heavy atom. The number of carbonyl (C=O) groups is 2. The van der Waals surface area contributed by atoms with Gasteiger partial charge in [-0.15, -0.1) is 0 Å². The van der Waals surface area contributed by atoms with Crippen molar-refractivity contribution in [2.75, 3.05) is 18.5 Å². The Labute approximate surface area is 132 Å². The average Bonchev–Trinajstić information content (AvgIpc) is 2.83. The summed E-state index contributed by atoms with van der Waals surface area (Å²) in [5, 5.41) is 2.27. The quantitative estimate of drug-likeness (QED) is 0.871. The van der Waals surface area contributed by atoms with Crippen LogP contribution < -0.4 is 5.32 Å². The van der Waals surface area contributed by atoms with E-state index < -0.39 is 30.6 Å². The lowest BCUT2D eigenvalue weighted by Crippen LogP contribution is -2.42. The molecule has 0 aliphatic carbocycles. The zero-order valence-electron chi connectivity index (χ0n) is 11.2. The lowest BCUT2D eigenvalue weighted by Gasteiger charge is -2.23. The van der Waals surface area contributed by atoms with Crippen molar-refractivity contribution in [1.82, 2.24) is 4.90 Å². The molecule has 1 fully saturated rings. The van der Waals surface area contributed by atoms with Gasteiger partial charge < -0.3 is 10.1 Å². The minimum Gasteiger partial charge on any atom is -0.447 e. The van der Waals surface area contributed by atoms with Crippen LogP contribution in [-0.2, 0) is 9.53 Å². The number of nitrogens with one attached hydrogen (secondary N) is 1. The molecule has 5 nitrogen and oxygen atoms in total. The van der Waals surface area contributed by atoms with E-state index in [-0.39, 0.29) is 18.8 Å². The summed E-state index contributed by atoms with van der Waals surface area (Å²) in [5.41, 5.74) is 0.216. The van der Waals surface area contributed by atoms with Gasteiger partial charge in [-0.2, -0.15) is 13.2 Å². The number of cyclic esters (lactones) is 1. The van der Waals surface area contributed by atoms with E-state index in [1.807, 2.05) is 0 Å². The molecule has 1 aromatic carbocycles. The molecule has 22 heavy (non-hydrogen) atoms. The first kappa shape index (κ1) is 16.6. The number of anilines is 1. The molecule has 1 N–H and O–H groups in total. The van der Waals surface area contributed by atoms with Crippen LogP contribution in [0.15, 0.2) is 28.7 Å². The van der Waals surface area contributed by atoms with Gasteiger partial charge in [0.05, 0.1) is 13.0 Å². The fourth-order valence-corrected chi connectivity index (χ4v) is 2.33. The summed E-state index contributed by atoms with van der Waals surface area (Å²) in [6.45, 7) is -0.0283. The first-order valence-corrected chi connectivity index (χ1v) is 7.12. The smallest absolute Gasteiger partial charge is 0.416 e. The highest BCUT2D eigenvalue weighted by atomic mass is 79.9. The van der Waals surface area contributed by atoms with Gasteiger partial charge in [0.25, 0.3) is 0 Å². The molecule has 0 spiro atoms. The number of halogens is 4. The number of hydrogen-bond donors (Lipinski definition) is 1. The van der Waals surface area contributed by atoms with Crippen LogP contribution in [0.3, 0.4) is 0 Å². The Balaban J connectivity index is 2.10. The van der Waals surface area contributed by atoms with E-state index in [0.29, 0.717) is 9.37 Å². The van der Waals surface area contributed by atoms with Crippen LogP contribution in [0.4, 0.5) is 23.7 Å². The van der Waals surface area contributed by atoms with Gasteiger partial charge in [0.2, 0.25) is 5.91 Å². The number of nitrogens with zero attached hydrogens (tertiary/aromatic N) is 1. The standard InChI is InChI=1S/C13H12BrF3N2O3/c14-8-2-1-3-9(6-8)18-10(13(15,16)17)7-11(20)19-4-5-22-12(19)21/h1-3,6,10,18H,4-5,7H2. The van der Waals surface area contributed by atoms with Gasteiger partial charge >= 0.3 is 12.3 Å². The highest BCUT2D eigenvalue weighted by Crippen LogP contribution is 2.28. The molecule has 2 rings (SSSR count). The Hall–Kier alpha value is -1.77. The second-order valence-electron chi connectivity index (χ2n) is 4.61. The first-order valence-electron chi connectivity index (χ1n) is 6.33. The Morgan fingerprint density at radius 2 is 2.18 bits per heavy atom. The maximum Gasteiger partial charge on any atom is 0.416 e. The van der Waals surface area contributed by atoms with E-state index in [9.17, 15) is 22.8 Å². The third kappa shape index (κ3) is 4.12. The SMILES string of the molecule is O=C(CC(Nc1cccc(Br)c1)C(F)(F)F)N1CCOC1=O. The molecule has 120 valence electrons. The van der Waals surface area contributed by atoms with E-state index in [1.54, 1.807) is 12.1 Å². The van der Waals surface area contributed by atoms with Crippen LogP contribution in [0.1, 0.15) is 6.42 Å². The molecule has 1 saturated heterocycles. The fourth-order valence-electron chi connectivity index (χ4n) is 1.93. The number of amides is 2. The summed E-state index contributed by atoms with van der Waals surface area (Å²) in [5.74, 6) is -0.924. The molecule has 0 saturated carbocycles. The first-order chi connectivity index (χ1) is 10.3. The summed E-state index contributed by atoms with van der Waals surface area (Å²) in [4.78, 5) is 23.8. The molecule has 0 radical (unpaired) electrons. The minimum atomic E-state index is -4.64. The summed E-state index contributed by atoms with van der Waals surface area (Å²) in [6, 6.07) is 4.06. The van der Waals surface area contributed by atoms with Crippen molar-refractivity contribution in [3.63, 3.8) is 0 Å². The predicted octanol–water partition coefficient (Wildman–Crippen LogP) is 3.16. The predicted molar refractivity (Wildman–Crippen MR) is 75.3 cm³/mol. The third-order valence-electron chi connectivity index (χ3n) is 3.00. The van der Waals surface area contributed by atoms with E-state index in [4.69, 9.17) is 0 Å². The lowest BCUT2D eigenvalue weighted by molar-refractivity contribution is -0.153. The summed E-state index contributed by atoms with van der Waals surface area (Å²) >= 11 is 3.16. The average molecular weight is 381 g/mol. The van der Waals surface area contributed by atoms with Gasteiger partial charge in [0, 0.05) is 10.2 Å². The molecule has 1 aromatic rings. The van der Waals surface area contributed by atoms with Crippen molar-refractivity contribution in [2.24, 2.45) is 0 Å². The van der Waals surface area contributed by atoms with Crippen molar-refractivity contribution in [2.45, 2.75) is 18.6 Å². The Bertz CT molecular complexity index is 580. The van der Waals surface area contributed by atoms with Crippen LogP contribution in [0.5, 0.6) is 0 Å². The molecule has 0 bridgehead atoms. The highest BCUT2D eigenvalue weighted by molar-refractivity contribution is 9.10. The molecule has 1 unspecified atom stereocenters. The van der Waals surface area contributed by atoms with Crippen LogP contribution in [0.25, 0.3) is 0 Å². The van der Waals surface area contributed by atoms with Gasteiger partial charge in [-0.05, 0) is 18.2 Å². The van der Waals surface area contributed by atoms with Gasteiger partial charge in [-0.1, -0.05) is 22.0 Å². The zero-order chi connectivity index (χ0) is 16.3. The van der Waals surface area contributed by atoms with Crippen molar-refractivity contribution >= 4 is 33.6 Å². The Kier molecular flexibility index (Phi) is 4.94. The van der Waals surface area contributed by atoms with E-state index in [0.717, 1.165) is 0 Å². The molecular formula is C13H12BrF3N2O3. The summed E-state index contributed by atoms with van der Waals surface area (Å²) in [6.07, 6.45) is -6.43. The number of rotatable bonds is 4. The van der Waals surface area contributed by atoms with Crippen molar-refractivity contribution < 1.29 is 27.5 Å². The topological polar surface area (TPSA) is 58.6 Å². The largest absolute Gasteiger partial charge is 0.447 e. The van der Waals surface area contributed by atoms with E-state index >= 15 is 0 Å². The van der Waals surface area contributed by atoms with Gasteiger partial charge in [-0.25, -0.2) is 9.69 Å². The molecule has 2 amide bonds. The monoisotopic (exact) mass is 380 g/mol. The number of ether oxygens (including phenoxy) is 1. The molecule has 0 aromatic heterocycles. The molecule has 1 aliphatic heterocycles. The zero-order valence-corrected chi connectivity index (χ0v) is 12.8. The van der Waals surface area contributed by atoms with Crippen LogP contribution >= 0.6 is 15.9 Å². The molecule has 1 aliphatic rings. The van der Waals surface area contributed by atoms with Crippen molar-refractivity contribution in [3.8, 4) is 0 Å². The van der Waals surface area contributed by atoms with Gasteiger partial charge in [0.15, 0.2) is 0 Å². The third-order valence-corrected chi connectivity index (χ3v) is 3.49. The van der Waals surface area contributed by atoms with Crippen molar-refractivity contribution in [3.05, 3.63) is 28.7 Å². The van der Waals surface area contributed by atoms with E-state index in [1.165, 1.54) is 12.1 Å². The van der Waals surface area contributed by atoms with Crippen molar-refractivity contribution in [1.29, 1.82) is 0 Å². The summed E-state index contributed by atoms with van der Waals surface area (Å²) in [7, 11) is 0. The van der Waals surface area contributed by atoms with Gasteiger partial charge in [0.1, 0.15) is 12.6 Å². The second kappa shape index (κ2) is 6.55. The number of carbonyl (C=O) groups excluding carboxylic acids is 2. The van der Waals surface area contributed by atoms with Crippen LogP contribution in [0.2, 0.25) is 0 Å². The number of alkyl halides is 3. The maximum atomic E-state index is 13.1. The molecule has 9 heteroatoms. The normalized spacial score (nSPS) is 16.4. The summed E-state index contributed by atoms with van der Waals surface area (Å²) < 4.78 is 44.4. The number of hydrogen-bond acceptors (Lipinski definition) is 4.